The number of aryl methyl sites for hydroxylation is 4. The number of alkyl halides is 1. The summed E-state index contributed by atoms with van der Waals surface area (Å²) in [6.45, 7) is 10.3. The van der Waals surface area contributed by atoms with E-state index in [1.165, 1.54) is 11.0 Å². The first-order chi connectivity index (χ1) is 12.6. The van der Waals surface area contributed by atoms with Gasteiger partial charge in [-0.25, -0.2) is 0 Å². The molecule has 4 rings (SSSR count). The Balaban J connectivity index is -0.000000400. The summed E-state index contributed by atoms with van der Waals surface area (Å²) in [6, 6.07) is 12.5. The van der Waals surface area contributed by atoms with Crippen LogP contribution in [0.25, 0.3) is 28.2 Å². The molecule has 0 unspecified atom stereocenters. The second-order valence-corrected chi connectivity index (χ2v) is 5.92. The van der Waals surface area contributed by atoms with Crippen LogP contribution < -0.4 is 6.15 Å². The van der Waals surface area contributed by atoms with Crippen LogP contribution in [0.1, 0.15) is 32.7 Å². The van der Waals surface area contributed by atoms with Crippen LogP contribution in [0.4, 0.5) is 0 Å². The molecule has 0 aliphatic rings. The molecule has 0 fully saturated rings. The van der Waals surface area contributed by atoms with Gasteiger partial charge < -0.3 is 21.4 Å². The van der Waals surface area contributed by atoms with Gasteiger partial charge in [0.25, 0.3) is 0 Å². The topological polar surface area (TPSA) is 104 Å². The Morgan fingerprint density at radius 1 is 0.733 bits per heavy atom. The maximum Gasteiger partial charge on any atom is 0.0884 e. The molecule has 0 spiro atoms. The monoisotopic (exact) mass is 600 g/mol. The fourth-order valence-corrected chi connectivity index (χ4v) is 2.90. The van der Waals surface area contributed by atoms with E-state index in [1.807, 2.05) is 18.8 Å². The van der Waals surface area contributed by atoms with E-state index in [4.69, 9.17) is 0 Å². The number of nitrogens with zero attached hydrogens (tertiary/aromatic N) is 4. The van der Waals surface area contributed by atoms with E-state index in [9.17, 15) is 0 Å². The first-order valence-corrected chi connectivity index (χ1v) is 11.0. The Labute approximate surface area is 220 Å². The molecule has 6 nitrogen and oxygen atoms in total. The van der Waals surface area contributed by atoms with Gasteiger partial charge in [0.05, 0.1) is 22.1 Å². The Bertz CT molecular complexity index is 900. The number of fused-ring (bicyclic) bond motifs is 2. The van der Waals surface area contributed by atoms with Gasteiger partial charge in [-0.1, -0.05) is 30.0 Å². The second kappa shape index (κ2) is 16.8. The number of aromatic nitrogens is 4. The van der Waals surface area contributed by atoms with Crippen molar-refractivity contribution in [2.45, 2.75) is 48.2 Å². The van der Waals surface area contributed by atoms with Gasteiger partial charge in [0.2, 0.25) is 0 Å². The van der Waals surface area contributed by atoms with E-state index in [1.54, 1.807) is 0 Å². The zero-order valence-corrected chi connectivity index (χ0v) is 23.1. The standard InChI is InChI=1S/2C10H12N2.CH3I.CH4.H3N.H2N.Y/c2*1-3-12-7-6-9-10(12)5-4-8(2)11-9;1-2;;;;/h2*4-7H,3H2,1-2H3;1H3;1H4;1H3;1H2;/q;;;;;-1;. The predicted molar refractivity (Wildman–Crippen MR) is 137 cm³/mol. The quantitative estimate of drug-likeness (QED) is 0.193. The van der Waals surface area contributed by atoms with Crippen LogP contribution >= 0.6 is 22.6 Å². The van der Waals surface area contributed by atoms with E-state index in [0.717, 1.165) is 35.5 Å². The minimum absolute atomic E-state index is 0. The average molecular weight is 600 g/mol. The molecule has 0 amide bonds. The molecule has 4 heterocycles. The third kappa shape index (κ3) is 8.34. The van der Waals surface area contributed by atoms with Crippen LogP contribution in [0.15, 0.2) is 48.8 Å². The summed E-state index contributed by atoms with van der Waals surface area (Å²) in [4.78, 5) is 10.8. The Morgan fingerprint density at radius 3 is 1.37 bits per heavy atom. The molecular formula is C22H36IN6Y-. The summed E-state index contributed by atoms with van der Waals surface area (Å²) in [5.74, 6) is 0. The van der Waals surface area contributed by atoms with Gasteiger partial charge in [-0.15, -0.1) is 0 Å². The number of hydrogen-bond donors (Lipinski definition) is 1. The minimum atomic E-state index is 0. The van der Waals surface area contributed by atoms with Crippen molar-refractivity contribution in [3.63, 3.8) is 0 Å². The molecule has 8 heteroatoms. The average Bonchev–Trinajstić information content (AvgIpc) is 3.26. The van der Waals surface area contributed by atoms with Gasteiger partial charge in [-0.3, -0.25) is 9.97 Å². The van der Waals surface area contributed by atoms with Crippen molar-refractivity contribution in [2.75, 3.05) is 4.93 Å². The maximum atomic E-state index is 4.42. The molecule has 4 aromatic rings. The van der Waals surface area contributed by atoms with E-state index < -0.39 is 0 Å². The van der Waals surface area contributed by atoms with Crippen molar-refractivity contribution in [1.29, 1.82) is 0 Å². The number of hydrogen-bond acceptors (Lipinski definition) is 3. The van der Waals surface area contributed by atoms with Crippen LogP contribution in [0.3, 0.4) is 0 Å². The zero-order valence-electron chi connectivity index (χ0n) is 18.1. The van der Waals surface area contributed by atoms with Crippen molar-refractivity contribution in [1.82, 2.24) is 25.3 Å². The Hall–Kier alpha value is -0.866. The SMILES string of the molecule is C.CCn1ccc2nc(C)ccc21.CCn1ccc2nc(C)ccc21.CI.N.[NH2-].[Y]. The van der Waals surface area contributed by atoms with E-state index in [-0.39, 0.29) is 52.4 Å². The molecule has 0 bridgehead atoms. The largest absolute Gasteiger partial charge is 0.693 e. The summed E-state index contributed by atoms with van der Waals surface area (Å²) >= 11 is 2.15. The van der Waals surface area contributed by atoms with Gasteiger partial charge in [0, 0.05) is 69.6 Å². The molecule has 0 saturated carbocycles. The number of rotatable bonds is 2. The van der Waals surface area contributed by atoms with Gasteiger partial charge in [0.15, 0.2) is 0 Å². The summed E-state index contributed by atoms with van der Waals surface area (Å²) < 4.78 is 4.39. The predicted octanol–water partition coefficient (Wildman–Crippen LogP) is 7.29. The maximum absolute atomic E-state index is 4.42. The third-order valence-electron chi connectivity index (χ3n) is 4.21. The summed E-state index contributed by atoms with van der Waals surface area (Å²) in [6.07, 6.45) is 4.16. The first-order valence-electron chi connectivity index (χ1n) is 8.85. The van der Waals surface area contributed by atoms with Crippen LogP contribution in [0, 0.1) is 13.8 Å². The van der Waals surface area contributed by atoms with Crippen molar-refractivity contribution in [2.24, 2.45) is 0 Å². The first kappa shape index (κ1) is 33.8. The molecule has 5 N–H and O–H groups in total. The summed E-state index contributed by atoms with van der Waals surface area (Å²) in [5, 5.41) is 0. The normalized spacial score (nSPS) is 8.87. The van der Waals surface area contributed by atoms with Crippen molar-refractivity contribution < 1.29 is 32.7 Å². The van der Waals surface area contributed by atoms with Crippen molar-refractivity contribution in [3.05, 3.63) is 66.3 Å². The van der Waals surface area contributed by atoms with Gasteiger partial charge >= 0.3 is 0 Å². The zero-order chi connectivity index (χ0) is 19.1. The smallest absolute Gasteiger partial charge is 0.0884 e. The van der Waals surface area contributed by atoms with Crippen LogP contribution in [-0.4, -0.2) is 24.0 Å². The Kier molecular flexibility index (Phi) is 18.9. The molecule has 4 aromatic heterocycles. The van der Waals surface area contributed by atoms with Gasteiger partial charge in [-0.05, 0) is 69.0 Å². The van der Waals surface area contributed by atoms with E-state index in [2.05, 4.69) is 104 Å². The van der Waals surface area contributed by atoms with Gasteiger partial charge in [0.1, 0.15) is 0 Å². The minimum Gasteiger partial charge on any atom is -0.693 e. The van der Waals surface area contributed by atoms with Crippen LogP contribution in [0.5, 0.6) is 0 Å². The third-order valence-corrected chi connectivity index (χ3v) is 4.21. The molecular weight excluding hydrogens is 564 g/mol. The van der Waals surface area contributed by atoms with E-state index >= 15 is 0 Å². The fourth-order valence-electron chi connectivity index (χ4n) is 2.90. The number of halogens is 1. The molecule has 30 heavy (non-hydrogen) atoms. The molecule has 1 radical (unpaired) electrons. The molecule has 0 atom stereocenters. The number of pyridine rings is 2. The van der Waals surface area contributed by atoms with E-state index in [0.29, 0.717) is 0 Å². The van der Waals surface area contributed by atoms with Crippen LogP contribution in [0.2, 0.25) is 0 Å². The van der Waals surface area contributed by atoms with Crippen LogP contribution in [-0.2, 0) is 45.8 Å². The fraction of sp³-hybridized carbons (Fsp3) is 0.364. The molecule has 0 aromatic carbocycles. The van der Waals surface area contributed by atoms with Gasteiger partial charge in [-0.2, -0.15) is 0 Å². The number of nitrogens with two attached hydrogens (primary N) is 1. The molecule has 0 aliphatic carbocycles. The molecule has 165 valence electrons. The summed E-state index contributed by atoms with van der Waals surface area (Å²) in [5.41, 5.74) is 6.80. The van der Waals surface area contributed by atoms with Crippen molar-refractivity contribution in [3.8, 4) is 0 Å². The summed E-state index contributed by atoms with van der Waals surface area (Å²) in [7, 11) is 0. The van der Waals surface area contributed by atoms with Crippen molar-refractivity contribution >= 4 is 44.7 Å². The second-order valence-electron chi connectivity index (χ2n) is 5.92. The molecule has 0 aliphatic heterocycles. The Morgan fingerprint density at radius 2 is 1.07 bits per heavy atom. The molecule has 0 saturated heterocycles.